The summed E-state index contributed by atoms with van der Waals surface area (Å²) in [5, 5.41) is 9.47. The molecule has 0 saturated heterocycles. The second-order valence-corrected chi connectivity index (χ2v) is 7.59. The van der Waals surface area contributed by atoms with E-state index in [-0.39, 0.29) is 12.2 Å². The molecule has 0 spiro atoms. The molecule has 0 aliphatic carbocycles. The van der Waals surface area contributed by atoms with Crippen molar-refractivity contribution in [2.75, 3.05) is 11.9 Å². The first-order valence-electron chi connectivity index (χ1n) is 9.76. The first-order chi connectivity index (χ1) is 15.1. The number of thiophene rings is 1. The summed E-state index contributed by atoms with van der Waals surface area (Å²) in [4.78, 5) is 25.6. The van der Waals surface area contributed by atoms with Gasteiger partial charge in [-0.1, -0.05) is 55.1 Å². The summed E-state index contributed by atoms with van der Waals surface area (Å²) in [5.74, 6) is -0.413. The van der Waals surface area contributed by atoms with Gasteiger partial charge in [-0.25, -0.2) is 9.48 Å². The number of carbonyl (C=O) groups is 1. The van der Waals surface area contributed by atoms with E-state index in [9.17, 15) is 9.59 Å². The van der Waals surface area contributed by atoms with E-state index in [1.54, 1.807) is 13.1 Å². The molecule has 4 aromatic rings. The highest BCUT2D eigenvalue weighted by Crippen LogP contribution is 2.36. The minimum absolute atomic E-state index is 0.235. The van der Waals surface area contributed by atoms with Gasteiger partial charge < -0.3 is 10.1 Å². The molecule has 0 fully saturated rings. The molecule has 0 aliphatic rings. The van der Waals surface area contributed by atoms with Crippen LogP contribution in [0.25, 0.3) is 29.6 Å². The molecule has 0 atom stereocenters. The Kier molecular flexibility index (Phi) is 5.86. The van der Waals surface area contributed by atoms with Crippen LogP contribution in [-0.4, -0.2) is 22.4 Å². The Hall–Kier alpha value is -3.84. The molecular formula is C24H21N3O3S. The highest BCUT2D eigenvalue weighted by atomic mass is 32.1. The first kappa shape index (κ1) is 20.4. The average Bonchev–Trinajstić information content (AvgIpc) is 3.34. The maximum absolute atomic E-state index is 12.9. The van der Waals surface area contributed by atoms with Crippen LogP contribution in [0, 0.1) is 0 Å². The molecule has 7 heteroatoms. The van der Waals surface area contributed by atoms with Gasteiger partial charge in [-0.15, -0.1) is 11.3 Å². The van der Waals surface area contributed by atoms with E-state index < -0.39 is 5.97 Å². The van der Waals surface area contributed by atoms with Crippen molar-refractivity contribution in [1.29, 1.82) is 0 Å². The number of hydrogen-bond donors (Lipinski definition) is 2. The molecule has 2 aromatic carbocycles. The van der Waals surface area contributed by atoms with Crippen molar-refractivity contribution < 1.29 is 9.53 Å². The number of para-hydroxylation sites is 1. The van der Waals surface area contributed by atoms with Gasteiger partial charge in [0, 0.05) is 17.1 Å². The number of nitrogens with one attached hydrogen (secondary N) is 2. The molecule has 0 aliphatic heterocycles. The Morgan fingerprint density at radius 2 is 1.84 bits per heavy atom. The number of aromatic nitrogens is 2. The van der Waals surface area contributed by atoms with Crippen LogP contribution >= 0.6 is 11.3 Å². The van der Waals surface area contributed by atoms with Crippen LogP contribution in [0.1, 0.15) is 17.3 Å². The Labute approximate surface area is 182 Å². The molecule has 156 valence electrons. The van der Waals surface area contributed by atoms with Crippen LogP contribution in [0.3, 0.4) is 0 Å². The summed E-state index contributed by atoms with van der Waals surface area (Å²) >= 11 is 1.38. The van der Waals surface area contributed by atoms with E-state index in [0.717, 1.165) is 11.1 Å². The second kappa shape index (κ2) is 8.89. The van der Waals surface area contributed by atoms with Gasteiger partial charge >= 0.3 is 5.97 Å². The third-order valence-electron chi connectivity index (χ3n) is 4.72. The van der Waals surface area contributed by atoms with Crippen LogP contribution in [0.2, 0.25) is 0 Å². The van der Waals surface area contributed by atoms with Crippen LogP contribution in [0.5, 0.6) is 0 Å². The Morgan fingerprint density at radius 1 is 1.16 bits per heavy atom. The number of aromatic amines is 1. The van der Waals surface area contributed by atoms with Gasteiger partial charge in [0.1, 0.15) is 10.6 Å². The van der Waals surface area contributed by atoms with E-state index in [2.05, 4.69) is 17.0 Å². The lowest BCUT2D eigenvalue weighted by molar-refractivity contribution is 0.0529. The first-order valence-corrected chi connectivity index (χ1v) is 10.6. The number of ether oxygens (including phenoxy) is 1. The predicted octanol–water partition coefficient (Wildman–Crippen LogP) is 3.33. The van der Waals surface area contributed by atoms with Crippen LogP contribution in [-0.2, 0) is 4.74 Å². The van der Waals surface area contributed by atoms with Gasteiger partial charge in [-0.3, -0.25) is 9.89 Å². The third-order valence-corrected chi connectivity index (χ3v) is 5.63. The number of H-pyrrole nitrogens is 1. The van der Waals surface area contributed by atoms with Gasteiger partial charge in [0.05, 0.1) is 22.9 Å². The molecule has 0 amide bonds. The lowest BCUT2D eigenvalue weighted by Gasteiger charge is -2.07. The van der Waals surface area contributed by atoms with Crippen LogP contribution < -0.4 is 21.4 Å². The highest BCUT2D eigenvalue weighted by molar-refractivity contribution is 7.15. The van der Waals surface area contributed by atoms with Gasteiger partial charge in [0.2, 0.25) is 0 Å². The van der Waals surface area contributed by atoms with E-state index in [1.807, 2.05) is 66.0 Å². The summed E-state index contributed by atoms with van der Waals surface area (Å²) in [6.45, 7) is 5.99. The van der Waals surface area contributed by atoms with Crippen molar-refractivity contribution in [1.82, 2.24) is 9.78 Å². The minimum atomic E-state index is -0.413. The molecule has 0 unspecified atom stereocenters. The largest absolute Gasteiger partial charge is 0.462 e. The highest BCUT2D eigenvalue weighted by Gasteiger charge is 2.21. The molecule has 2 N–H and O–H groups in total. The summed E-state index contributed by atoms with van der Waals surface area (Å²) in [7, 11) is 0. The monoisotopic (exact) mass is 431 g/mol. The average molecular weight is 432 g/mol. The number of rotatable bonds is 6. The van der Waals surface area contributed by atoms with Crippen molar-refractivity contribution in [3.05, 3.63) is 92.5 Å². The van der Waals surface area contributed by atoms with E-state index in [1.165, 1.54) is 16.0 Å². The normalized spacial score (nSPS) is 11.5. The number of anilines is 1. The summed E-state index contributed by atoms with van der Waals surface area (Å²) in [5.41, 5.74) is 2.62. The van der Waals surface area contributed by atoms with Crippen molar-refractivity contribution in [2.24, 2.45) is 0 Å². The summed E-state index contributed by atoms with van der Waals surface area (Å²) < 4.78 is 6.72. The lowest BCUT2D eigenvalue weighted by Crippen LogP contribution is -2.34. The van der Waals surface area contributed by atoms with Crippen molar-refractivity contribution in [3.63, 3.8) is 0 Å². The number of benzene rings is 2. The zero-order valence-electron chi connectivity index (χ0n) is 16.9. The third kappa shape index (κ3) is 4.08. The minimum Gasteiger partial charge on any atom is -0.462 e. The second-order valence-electron chi connectivity index (χ2n) is 6.71. The van der Waals surface area contributed by atoms with Crippen LogP contribution in [0.4, 0.5) is 5.00 Å². The zero-order valence-corrected chi connectivity index (χ0v) is 17.7. The van der Waals surface area contributed by atoms with Gasteiger partial charge in [0.25, 0.3) is 5.56 Å². The lowest BCUT2D eigenvalue weighted by atomic mass is 10.0. The fraction of sp³-hybridized carbons (Fsp3) is 0.0833. The standard InChI is InChI=1S/C24H21N3O3S/c1-3-30-24(29)21-20(17-10-6-4-7-11-17)15-31-22(21)25-14-19-16(2)26-27(23(19)28)18-12-8-5-9-13-18/h4-15,25-26H,2-3H2,1H3/b19-14-. The SMILES string of the molecule is C=c1[nH]n(-c2ccccc2)c(=O)/c1=C\Nc1scc(-c2ccccc2)c1C(=O)OCC. The number of esters is 1. The number of carbonyl (C=O) groups excluding carboxylic acids is 1. The zero-order chi connectivity index (χ0) is 21.8. The summed E-state index contributed by atoms with van der Waals surface area (Å²) in [6.07, 6.45) is 1.57. The molecule has 0 bridgehead atoms. The van der Waals surface area contributed by atoms with Gasteiger partial charge in [0.15, 0.2) is 0 Å². The van der Waals surface area contributed by atoms with Gasteiger partial charge in [-0.2, -0.15) is 0 Å². The van der Waals surface area contributed by atoms with Crippen molar-refractivity contribution in [2.45, 2.75) is 6.92 Å². The smallest absolute Gasteiger partial charge is 0.341 e. The van der Waals surface area contributed by atoms with Gasteiger partial charge in [-0.05, 0) is 24.6 Å². The summed E-state index contributed by atoms with van der Waals surface area (Å²) in [6, 6.07) is 18.9. The topological polar surface area (TPSA) is 76.1 Å². The van der Waals surface area contributed by atoms with E-state index in [4.69, 9.17) is 4.74 Å². The molecule has 6 nitrogen and oxygen atoms in total. The molecular weight excluding hydrogens is 410 g/mol. The molecule has 31 heavy (non-hydrogen) atoms. The molecule has 2 aromatic heterocycles. The number of hydrogen-bond acceptors (Lipinski definition) is 5. The van der Waals surface area contributed by atoms with Crippen molar-refractivity contribution >= 4 is 35.1 Å². The Bertz CT molecular complexity index is 1370. The Morgan fingerprint density at radius 3 is 2.52 bits per heavy atom. The quantitative estimate of drug-likeness (QED) is 0.459. The predicted molar refractivity (Wildman–Crippen MR) is 125 cm³/mol. The number of nitrogens with zero attached hydrogens (tertiary/aromatic N) is 1. The molecule has 0 radical (unpaired) electrons. The molecule has 2 heterocycles. The van der Waals surface area contributed by atoms with E-state index >= 15 is 0 Å². The fourth-order valence-electron chi connectivity index (χ4n) is 3.24. The van der Waals surface area contributed by atoms with Crippen molar-refractivity contribution in [3.8, 4) is 16.8 Å². The molecule has 4 rings (SSSR count). The van der Waals surface area contributed by atoms with Crippen LogP contribution in [0.15, 0.2) is 70.8 Å². The maximum atomic E-state index is 12.9. The molecule has 0 saturated carbocycles. The van der Waals surface area contributed by atoms with E-state index in [0.29, 0.717) is 26.8 Å². The Balaban J connectivity index is 1.76. The maximum Gasteiger partial charge on any atom is 0.341 e. The fourth-order valence-corrected chi connectivity index (χ4v) is 4.17.